The molecule has 5 heteroatoms. The molecule has 1 atom stereocenters. The molecule has 1 aliphatic heterocycles. The predicted octanol–water partition coefficient (Wildman–Crippen LogP) is 1.62. The Labute approximate surface area is 91.8 Å². The third-order valence-electron chi connectivity index (χ3n) is 2.47. The van der Waals surface area contributed by atoms with E-state index >= 15 is 0 Å². The number of carbonyl (C=O) groups excluding carboxylic acids is 1. The average molecular weight is 226 g/mol. The number of nitrogens with one attached hydrogen (secondary N) is 2. The van der Waals surface area contributed by atoms with Crippen LogP contribution in [0.1, 0.15) is 6.42 Å². The van der Waals surface area contributed by atoms with Crippen LogP contribution in [-0.4, -0.2) is 24.4 Å². The highest BCUT2D eigenvalue weighted by molar-refractivity contribution is 5.95. The highest BCUT2D eigenvalue weighted by Gasteiger charge is 2.42. The Bertz CT molecular complexity index is 381. The molecule has 2 rings (SSSR count). The van der Waals surface area contributed by atoms with Gasteiger partial charge in [0.2, 0.25) is 5.91 Å². The molecule has 1 unspecified atom stereocenters. The average Bonchev–Trinajstić information content (AvgIpc) is 2.60. The van der Waals surface area contributed by atoms with E-state index < -0.39 is 30.8 Å². The van der Waals surface area contributed by atoms with Crippen LogP contribution in [0.4, 0.5) is 14.5 Å². The number of rotatable bonds is 2. The van der Waals surface area contributed by atoms with Crippen molar-refractivity contribution >= 4 is 11.6 Å². The zero-order valence-electron chi connectivity index (χ0n) is 8.54. The summed E-state index contributed by atoms with van der Waals surface area (Å²) >= 11 is 0. The van der Waals surface area contributed by atoms with Crippen molar-refractivity contribution in [2.75, 3.05) is 11.9 Å². The van der Waals surface area contributed by atoms with Crippen LogP contribution in [-0.2, 0) is 4.79 Å². The Morgan fingerprint density at radius 3 is 2.62 bits per heavy atom. The lowest BCUT2D eigenvalue weighted by molar-refractivity contribution is -0.118. The Kier molecular flexibility index (Phi) is 2.87. The summed E-state index contributed by atoms with van der Waals surface area (Å²) in [6.45, 7) is -0.431. The predicted molar refractivity (Wildman–Crippen MR) is 56.4 cm³/mol. The smallest absolute Gasteiger partial charge is 0.262 e. The molecule has 0 aliphatic carbocycles. The van der Waals surface area contributed by atoms with Crippen molar-refractivity contribution in [2.45, 2.75) is 18.4 Å². The minimum absolute atomic E-state index is 0.414. The van der Waals surface area contributed by atoms with E-state index in [-0.39, 0.29) is 0 Å². The lowest BCUT2D eigenvalue weighted by atomic mass is 10.2. The highest BCUT2D eigenvalue weighted by atomic mass is 19.3. The van der Waals surface area contributed by atoms with Gasteiger partial charge in [-0.15, -0.1) is 0 Å². The number of anilines is 1. The minimum atomic E-state index is -2.78. The fourth-order valence-electron chi connectivity index (χ4n) is 1.65. The van der Waals surface area contributed by atoms with Gasteiger partial charge in [-0.25, -0.2) is 8.78 Å². The lowest BCUT2D eigenvalue weighted by Crippen LogP contribution is -2.35. The molecule has 1 saturated heterocycles. The van der Waals surface area contributed by atoms with Gasteiger partial charge in [0.1, 0.15) is 0 Å². The van der Waals surface area contributed by atoms with Crippen molar-refractivity contribution in [1.82, 2.24) is 5.32 Å². The molecular formula is C11H12F2N2O. The van der Waals surface area contributed by atoms with Crippen molar-refractivity contribution < 1.29 is 13.6 Å². The van der Waals surface area contributed by atoms with Crippen molar-refractivity contribution in [3.8, 4) is 0 Å². The molecule has 2 N–H and O–H groups in total. The van der Waals surface area contributed by atoms with Crippen molar-refractivity contribution in [1.29, 1.82) is 0 Å². The molecule has 3 nitrogen and oxygen atoms in total. The highest BCUT2D eigenvalue weighted by Crippen LogP contribution is 2.25. The molecule has 0 saturated carbocycles. The molecular weight excluding hydrogens is 214 g/mol. The van der Waals surface area contributed by atoms with Crippen molar-refractivity contribution in [3.05, 3.63) is 30.3 Å². The fraction of sp³-hybridized carbons (Fsp3) is 0.364. The van der Waals surface area contributed by atoms with Crippen LogP contribution in [0.2, 0.25) is 0 Å². The van der Waals surface area contributed by atoms with Crippen LogP contribution >= 0.6 is 0 Å². The first-order chi connectivity index (χ1) is 7.57. The quantitative estimate of drug-likeness (QED) is 0.804. The zero-order chi connectivity index (χ0) is 11.6. The standard InChI is InChI=1S/C11H12F2N2O/c12-11(13)6-9(14-7-11)10(16)15-8-4-2-1-3-5-8/h1-5,9,14H,6-7H2,(H,15,16). The molecule has 1 aromatic rings. The van der Waals surface area contributed by atoms with Crippen LogP contribution in [0.25, 0.3) is 0 Å². The Morgan fingerprint density at radius 2 is 2.06 bits per heavy atom. The van der Waals surface area contributed by atoms with Crippen LogP contribution < -0.4 is 10.6 Å². The van der Waals surface area contributed by atoms with E-state index in [1.165, 1.54) is 0 Å². The summed E-state index contributed by atoms with van der Waals surface area (Å²) in [5.74, 6) is -3.19. The van der Waals surface area contributed by atoms with Gasteiger partial charge in [0.15, 0.2) is 0 Å². The van der Waals surface area contributed by atoms with Crippen LogP contribution in [0.15, 0.2) is 30.3 Å². The molecule has 1 heterocycles. The van der Waals surface area contributed by atoms with Crippen LogP contribution in [0.5, 0.6) is 0 Å². The second-order valence-electron chi connectivity index (χ2n) is 3.85. The van der Waals surface area contributed by atoms with Gasteiger partial charge in [-0.2, -0.15) is 0 Å². The van der Waals surface area contributed by atoms with Crippen molar-refractivity contribution in [3.63, 3.8) is 0 Å². The topological polar surface area (TPSA) is 41.1 Å². The second-order valence-corrected chi connectivity index (χ2v) is 3.85. The van der Waals surface area contributed by atoms with E-state index in [1.54, 1.807) is 24.3 Å². The van der Waals surface area contributed by atoms with Gasteiger partial charge in [-0.1, -0.05) is 18.2 Å². The van der Waals surface area contributed by atoms with E-state index in [2.05, 4.69) is 10.6 Å². The van der Waals surface area contributed by atoms with Gasteiger partial charge < -0.3 is 5.32 Å². The van der Waals surface area contributed by atoms with Gasteiger partial charge >= 0.3 is 0 Å². The van der Waals surface area contributed by atoms with Crippen LogP contribution in [0.3, 0.4) is 0 Å². The van der Waals surface area contributed by atoms with Crippen molar-refractivity contribution in [2.24, 2.45) is 0 Å². The third kappa shape index (κ3) is 2.55. The number of para-hydroxylation sites is 1. The second kappa shape index (κ2) is 4.17. The third-order valence-corrected chi connectivity index (χ3v) is 2.47. The van der Waals surface area contributed by atoms with E-state index in [0.29, 0.717) is 5.69 Å². The lowest BCUT2D eigenvalue weighted by Gasteiger charge is -2.10. The maximum atomic E-state index is 12.9. The van der Waals surface area contributed by atoms with Gasteiger partial charge in [-0.05, 0) is 12.1 Å². The molecule has 1 amide bonds. The first-order valence-electron chi connectivity index (χ1n) is 5.04. The van der Waals surface area contributed by atoms with E-state index in [0.717, 1.165) is 0 Å². The molecule has 0 aromatic heterocycles. The Morgan fingerprint density at radius 1 is 1.38 bits per heavy atom. The first-order valence-corrected chi connectivity index (χ1v) is 5.04. The summed E-state index contributed by atoms with van der Waals surface area (Å²) in [4.78, 5) is 11.6. The van der Waals surface area contributed by atoms with E-state index in [1.807, 2.05) is 6.07 Å². The number of halogens is 2. The van der Waals surface area contributed by atoms with Gasteiger partial charge in [-0.3, -0.25) is 10.1 Å². The normalized spacial score (nSPS) is 23.0. The molecule has 1 aliphatic rings. The summed E-state index contributed by atoms with van der Waals surface area (Å²) in [6, 6.07) is 7.97. The van der Waals surface area contributed by atoms with Gasteiger partial charge in [0, 0.05) is 12.1 Å². The van der Waals surface area contributed by atoms with E-state index in [9.17, 15) is 13.6 Å². The van der Waals surface area contributed by atoms with Gasteiger partial charge in [0.05, 0.1) is 12.6 Å². The molecule has 0 bridgehead atoms. The van der Waals surface area contributed by atoms with Crippen LogP contribution in [0, 0.1) is 0 Å². The monoisotopic (exact) mass is 226 g/mol. The molecule has 1 fully saturated rings. The summed E-state index contributed by atoms with van der Waals surface area (Å²) < 4.78 is 25.7. The summed E-state index contributed by atoms with van der Waals surface area (Å²) in [5, 5.41) is 5.09. The molecule has 16 heavy (non-hydrogen) atoms. The van der Waals surface area contributed by atoms with E-state index in [4.69, 9.17) is 0 Å². The van der Waals surface area contributed by atoms with Gasteiger partial charge in [0.25, 0.3) is 5.92 Å². The fourth-order valence-corrected chi connectivity index (χ4v) is 1.65. The number of alkyl halides is 2. The largest absolute Gasteiger partial charge is 0.325 e. The number of hydrogen-bond donors (Lipinski definition) is 2. The number of hydrogen-bond acceptors (Lipinski definition) is 2. The number of carbonyl (C=O) groups is 1. The SMILES string of the molecule is O=C(Nc1ccccc1)C1CC(F)(F)CN1. The number of benzene rings is 1. The molecule has 1 aromatic carbocycles. The maximum Gasteiger partial charge on any atom is 0.262 e. The molecule has 0 spiro atoms. The Balaban J connectivity index is 1.95. The summed E-state index contributed by atoms with van der Waals surface area (Å²) in [6.07, 6.45) is -0.439. The maximum absolute atomic E-state index is 12.9. The zero-order valence-corrected chi connectivity index (χ0v) is 8.54. The Hall–Kier alpha value is -1.49. The summed E-state index contributed by atoms with van der Waals surface area (Å²) in [7, 11) is 0. The molecule has 86 valence electrons. The minimum Gasteiger partial charge on any atom is -0.325 e. The summed E-state index contributed by atoms with van der Waals surface area (Å²) in [5.41, 5.74) is 0.615. The first kappa shape index (κ1) is 11.0. The number of amides is 1. The molecule has 0 radical (unpaired) electrons.